The fraction of sp³-hybridized carbons (Fsp3) is 0.750. The number of hydrogen-bond donors (Lipinski definition) is 1. The highest BCUT2D eigenvalue weighted by Gasteiger charge is 2.25. The third kappa shape index (κ3) is 1.73. The van der Waals surface area contributed by atoms with Gasteiger partial charge in [-0.25, -0.2) is 0 Å². The van der Waals surface area contributed by atoms with Crippen LogP contribution in [0.3, 0.4) is 0 Å². The molecule has 2 heteroatoms. The summed E-state index contributed by atoms with van der Waals surface area (Å²) in [4.78, 5) is 0. The van der Waals surface area contributed by atoms with Gasteiger partial charge in [-0.2, -0.15) is 0 Å². The number of hydrogen-bond acceptors (Lipinski definition) is 2. The van der Waals surface area contributed by atoms with Gasteiger partial charge >= 0.3 is 0 Å². The lowest BCUT2D eigenvalue weighted by atomic mass is 10.1. The van der Waals surface area contributed by atoms with Crippen LogP contribution in [0.15, 0.2) is 0 Å². The number of nitrogens with one attached hydrogen (secondary N) is 1. The molecule has 0 bridgehead atoms. The predicted octanol–water partition coefficient (Wildman–Crippen LogP) is 0.387. The summed E-state index contributed by atoms with van der Waals surface area (Å²) in [6, 6.07) is 0. The van der Waals surface area contributed by atoms with Crippen molar-refractivity contribution < 1.29 is 4.74 Å². The number of rotatable bonds is 0. The zero-order valence-electron chi connectivity index (χ0n) is 6.48. The standard InChI is InChI=1S/C8H13NO/c1-4-7-5-9-8(2,3)6-10-7/h1,7,9H,5-6H2,2-3H3. The summed E-state index contributed by atoms with van der Waals surface area (Å²) in [5, 5.41) is 3.29. The third-order valence-corrected chi connectivity index (χ3v) is 1.60. The van der Waals surface area contributed by atoms with Crippen molar-refractivity contribution in [3.63, 3.8) is 0 Å². The van der Waals surface area contributed by atoms with Crippen LogP contribution in [0, 0.1) is 12.3 Å². The number of ether oxygens (including phenoxy) is 1. The maximum absolute atomic E-state index is 5.34. The second-order valence-electron chi connectivity index (χ2n) is 3.23. The van der Waals surface area contributed by atoms with Crippen molar-refractivity contribution in [2.45, 2.75) is 25.5 Å². The summed E-state index contributed by atoms with van der Waals surface area (Å²) in [6.07, 6.45) is 5.14. The molecule has 1 unspecified atom stereocenters. The molecule has 0 aromatic carbocycles. The van der Waals surface area contributed by atoms with Crippen molar-refractivity contribution in [2.75, 3.05) is 13.2 Å². The van der Waals surface area contributed by atoms with Gasteiger partial charge in [-0.15, -0.1) is 6.42 Å². The first-order chi connectivity index (χ1) is 4.64. The minimum absolute atomic E-state index is 0.0342. The van der Waals surface area contributed by atoms with E-state index in [2.05, 4.69) is 25.1 Å². The first kappa shape index (κ1) is 7.59. The first-order valence-electron chi connectivity index (χ1n) is 3.47. The van der Waals surface area contributed by atoms with Crippen molar-refractivity contribution in [2.24, 2.45) is 0 Å². The van der Waals surface area contributed by atoms with Gasteiger partial charge in [-0.05, 0) is 13.8 Å². The molecule has 1 fully saturated rings. The smallest absolute Gasteiger partial charge is 0.130 e. The highest BCUT2D eigenvalue weighted by Crippen LogP contribution is 2.09. The average molecular weight is 139 g/mol. The van der Waals surface area contributed by atoms with Crippen molar-refractivity contribution in [3.05, 3.63) is 0 Å². The SMILES string of the molecule is C#CC1CNC(C)(C)CO1. The Balaban J connectivity index is 2.40. The second-order valence-corrected chi connectivity index (χ2v) is 3.23. The van der Waals surface area contributed by atoms with E-state index in [-0.39, 0.29) is 11.6 Å². The van der Waals surface area contributed by atoms with Crippen LogP contribution in [-0.4, -0.2) is 24.8 Å². The molecular weight excluding hydrogens is 126 g/mol. The van der Waals surface area contributed by atoms with Crippen molar-refractivity contribution in [1.29, 1.82) is 0 Å². The molecule has 1 rings (SSSR count). The molecule has 56 valence electrons. The van der Waals surface area contributed by atoms with Crippen LogP contribution in [0.25, 0.3) is 0 Å². The van der Waals surface area contributed by atoms with Crippen LogP contribution in [0.5, 0.6) is 0 Å². The summed E-state index contributed by atoms with van der Waals surface area (Å²) in [7, 11) is 0. The van der Waals surface area contributed by atoms with Gasteiger partial charge in [0.25, 0.3) is 0 Å². The van der Waals surface area contributed by atoms with E-state index in [1.54, 1.807) is 0 Å². The Kier molecular flexibility index (Phi) is 1.98. The molecule has 10 heavy (non-hydrogen) atoms. The Morgan fingerprint density at radius 1 is 1.70 bits per heavy atom. The molecule has 0 radical (unpaired) electrons. The Morgan fingerprint density at radius 2 is 2.40 bits per heavy atom. The molecule has 1 saturated heterocycles. The number of morpholine rings is 1. The maximum atomic E-state index is 5.34. The van der Waals surface area contributed by atoms with E-state index in [0.29, 0.717) is 6.61 Å². The Morgan fingerprint density at radius 3 is 2.80 bits per heavy atom. The van der Waals surface area contributed by atoms with Crippen molar-refractivity contribution >= 4 is 0 Å². The zero-order valence-corrected chi connectivity index (χ0v) is 6.48. The summed E-state index contributed by atoms with van der Waals surface area (Å²) >= 11 is 0. The molecule has 0 aliphatic carbocycles. The van der Waals surface area contributed by atoms with Crippen LogP contribution in [0.1, 0.15) is 13.8 Å². The molecule has 0 aromatic rings. The Bertz CT molecular complexity index is 147. The fourth-order valence-corrected chi connectivity index (χ4v) is 0.895. The second kappa shape index (κ2) is 2.61. The zero-order chi connectivity index (χ0) is 7.61. The molecule has 0 spiro atoms. The van der Waals surface area contributed by atoms with Crippen LogP contribution in [-0.2, 0) is 4.74 Å². The quantitative estimate of drug-likeness (QED) is 0.490. The molecule has 0 amide bonds. The molecule has 1 heterocycles. The molecule has 1 aliphatic heterocycles. The van der Waals surface area contributed by atoms with E-state index >= 15 is 0 Å². The van der Waals surface area contributed by atoms with Gasteiger partial charge in [0.2, 0.25) is 0 Å². The van der Waals surface area contributed by atoms with Crippen molar-refractivity contribution in [1.82, 2.24) is 5.32 Å². The molecule has 0 aromatic heterocycles. The molecular formula is C8H13NO. The molecule has 1 atom stereocenters. The van der Waals surface area contributed by atoms with E-state index in [9.17, 15) is 0 Å². The van der Waals surface area contributed by atoms with E-state index < -0.39 is 0 Å². The topological polar surface area (TPSA) is 21.3 Å². The molecule has 1 aliphatic rings. The van der Waals surface area contributed by atoms with Crippen LogP contribution in [0.4, 0.5) is 0 Å². The largest absolute Gasteiger partial charge is 0.362 e. The van der Waals surface area contributed by atoms with Gasteiger partial charge in [-0.1, -0.05) is 5.92 Å². The molecule has 0 saturated carbocycles. The lowest BCUT2D eigenvalue weighted by Gasteiger charge is -2.33. The van der Waals surface area contributed by atoms with Gasteiger partial charge < -0.3 is 10.1 Å². The minimum atomic E-state index is -0.0342. The van der Waals surface area contributed by atoms with Gasteiger partial charge in [-0.3, -0.25) is 0 Å². The summed E-state index contributed by atoms with van der Waals surface area (Å²) in [6.45, 7) is 5.66. The van der Waals surface area contributed by atoms with E-state index in [1.165, 1.54) is 0 Å². The lowest BCUT2D eigenvalue weighted by Crippen LogP contribution is -2.52. The Hall–Kier alpha value is -0.520. The summed E-state index contributed by atoms with van der Waals surface area (Å²) < 4.78 is 5.34. The van der Waals surface area contributed by atoms with Crippen LogP contribution < -0.4 is 5.32 Å². The highest BCUT2D eigenvalue weighted by atomic mass is 16.5. The van der Waals surface area contributed by atoms with E-state index in [0.717, 1.165) is 6.54 Å². The lowest BCUT2D eigenvalue weighted by molar-refractivity contribution is 0.00814. The van der Waals surface area contributed by atoms with E-state index in [4.69, 9.17) is 11.2 Å². The molecule has 2 nitrogen and oxygen atoms in total. The first-order valence-corrected chi connectivity index (χ1v) is 3.47. The van der Waals surface area contributed by atoms with Crippen molar-refractivity contribution in [3.8, 4) is 12.3 Å². The summed E-state index contributed by atoms with van der Waals surface area (Å²) in [5.41, 5.74) is 0.0906. The van der Waals surface area contributed by atoms with Gasteiger partial charge in [0.05, 0.1) is 6.61 Å². The monoisotopic (exact) mass is 139 g/mol. The minimum Gasteiger partial charge on any atom is -0.362 e. The number of terminal acetylenes is 1. The van der Waals surface area contributed by atoms with Gasteiger partial charge in [0.15, 0.2) is 0 Å². The van der Waals surface area contributed by atoms with E-state index in [1.807, 2.05) is 0 Å². The predicted molar refractivity (Wildman–Crippen MR) is 40.7 cm³/mol. The molecule has 1 N–H and O–H groups in total. The summed E-state index contributed by atoms with van der Waals surface area (Å²) in [5.74, 6) is 2.56. The normalized spacial score (nSPS) is 31.1. The fourth-order valence-electron chi connectivity index (χ4n) is 0.895. The highest BCUT2D eigenvalue weighted by molar-refractivity contribution is 5.00. The average Bonchev–Trinajstić information content (AvgIpc) is 1.88. The van der Waals surface area contributed by atoms with Gasteiger partial charge in [0, 0.05) is 12.1 Å². The van der Waals surface area contributed by atoms with Crippen LogP contribution >= 0.6 is 0 Å². The van der Waals surface area contributed by atoms with Crippen LogP contribution in [0.2, 0.25) is 0 Å². The maximum Gasteiger partial charge on any atom is 0.130 e. The van der Waals surface area contributed by atoms with Gasteiger partial charge in [0.1, 0.15) is 6.10 Å². The Labute approximate surface area is 62.0 Å². The third-order valence-electron chi connectivity index (χ3n) is 1.60.